The van der Waals surface area contributed by atoms with Gasteiger partial charge in [0.1, 0.15) is 5.69 Å². The normalized spacial score (nSPS) is 19.4. The minimum atomic E-state index is -0.231. The molecule has 1 N–H and O–H groups in total. The van der Waals surface area contributed by atoms with Crippen LogP contribution in [-0.2, 0) is 6.42 Å². The van der Waals surface area contributed by atoms with Gasteiger partial charge in [-0.25, -0.2) is 4.68 Å². The van der Waals surface area contributed by atoms with E-state index in [1.807, 2.05) is 41.2 Å². The number of aromatic nitrogens is 4. The van der Waals surface area contributed by atoms with Gasteiger partial charge in [-0.05, 0) is 19.3 Å². The van der Waals surface area contributed by atoms with Crippen molar-refractivity contribution in [3.63, 3.8) is 0 Å². The highest BCUT2D eigenvalue weighted by molar-refractivity contribution is 5.92. The highest BCUT2D eigenvalue weighted by atomic mass is 16.5. The molecule has 7 heteroatoms. The van der Waals surface area contributed by atoms with E-state index in [-0.39, 0.29) is 17.7 Å². The largest absolute Gasteiger partial charge is 0.350 e. The Morgan fingerprint density at radius 1 is 1.32 bits per heavy atom. The highest BCUT2D eigenvalue weighted by Gasteiger charge is 2.33. The van der Waals surface area contributed by atoms with Crippen LogP contribution in [0, 0.1) is 0 Å². The molecule has 0 saturated heterocycles. The Morgan fingerprint density at radius 3 is 2.84 bits per heavy atom. The molecule has 0 aliphatic heterocycles. The maximum absolute atomic E-state index is 12.3. The van der Waals surface area contributed by atoms with Crippen LogP contribution < -0.4 is 5.32 Å². The molecule has 0 bridgehead atoms. The van der Waals surface area contributed by atoms with Crippen molar-refractivity contribution in [3.8, 4) is 11.3 Å². The number of nitrogens with one attached hydrogen (secondary N) is 1. The van der Waals surface area contributed by atoms with Gasteiger partial charge in [0.2, 0.25) is 5.76 Å². The zero-order chi connectivity index (χ0) is 17.2. The number of rotatable bonds is 5. The fourth-order valence-corrected chi connectivity index (χ4v) is 2.96. The van der Waals surface area contributed by atoms with E-state index < -0.39 is 0 Å². The lowest BCUT2D eigenvalue weighted by molar-refractivity contribution is 0.0850. The molecule has 25 heavy (non-hydrogen) atoms. The molecule has 1 amide bonds. The topological polar surface area (TPSA) is 85.8 Å². The Balaban J connectivity index is 1.34. The van der Waals surface area contributed by atoms with Gasteiger partial charge in [0.05, 0.1) is 11.7 Å². The van der Waals surface area contributed by atoms with E-state index in [2.05, 4.69) is 27.7 Å². The lowest BCUT2D eigenvalue weighted by atomic mass is 9.87. The van der Waals surface area contributed by atoms with Crippen LogP contribution >= 0.6 is 0 Å². The first kappa shape index (κ1) is 15.6. The van der Waals surface area contributed by atoms with E-state index in [0.29, 0.717) is 11.7 Å². The first-order chi connectivity index (χ1) is 12.2. The SMILES string of the molecule is CCc1cn(C2CC(NC(=O)c3cc(-c4ccccc4)no3)C2)nn1. The second kappa shape index (κ2) is 6.51. The zero-order valence-electron chi connectivity index (χ0n) is 13.9. The minimum Gasteiger partial charge on any atom is -0.350 e. The minimum absolute atomic E-state index is 0.122. The standard InChI is InChI=1S/C18H19N5O2/c1-2-13-11-23(22-20-13)15-8-14(9-15)19-18(24)17-10-16(21-25-17)12-6-4-3-5-7-12/h3-7,10-11,14-15H,2,8-9H2,1H3,(H,19,24). The van der Waals surface area contributed by atoms with Gasteiger partial charge in [0.15, 0.2) is 0 Å². The van der Waals surface area contributed by atoms with Gasteiger partial charge >= 0.3 is 0 Å². The summed E-state index contributed by atoms with van der Waals surface area (Å²) < 4.78 is 7.08. The third-order valence-electron chi connectivity index (χ3n) is 4.55. The monoisotopic (exact) mass is 337 g/mol. The molecule has 1 aromatic carbocycles. The van der Waals surface area contributed by atoms with Crippen molar-refractivity contribution >= 4 is 5.91 Å². The fourth-order valence-electron chi connectivity index (χ4n) is 2.96. The van der Waals surface area contributed by atoms with Crippen molar-refractivity contribution in [2.75, 3.05) is 0 Å². The molecule has 7 nitrogen and oxygen atoms in total. The molecule has 0 atom stereocenters. The van der Waals surface area contributed by atoms with E-state index >= 15 is 0 Å². The van der Waals surface area contributed by atoms with Crippen LogP contribution in [0.5, 0.6) is 0 Å². The number of amides is 1. The summed E-state index contributed by atoms with van der Waals surface area (Å²) in [6, 6.07) is 11.7. The van der Waals surface area contributed by atoms with Crippen molar-refractivity contribution in [3.05, 3.63) is 54.0 Å². The molecule has 3 aromatic rings. The Bertz CT molecular complexity index is 864. The number of carbonyl (C=O) groups is 1. The van der Waals surface area contributed by atoms with Gasteiger partial charge in [-0.1, -0.05) is 47.6 Å². The van der Waals surface area contributed by atoms with Gasteiger partial charge in [-0.3, -0.25) is 4.79 Å². The van der Waals surface area contributed by atoms with E-state index in [1.165, 1.54) is 0 Å². The van der Waals surface area contributed by atoms with Crippen molar-refractivity contribution in [1.29, 1.82) is 0 Å². The summed E-state index contributed by atoms with van der Waals surface area (Å²) in [6.45, 7) is 2.05. The molecule has 1 aliphatic rings. The number of benzene rings is 1. The Kier molecular flexibility index (Phi) is 4.05. The predicted octanol–water partition coefficient (Wildman–Crippen LogP) is 2.63. The smallest absolute Gasteiger partial charge is 0.290 e. The van der Waals surface area contributed by atoms with Crippen LogP contribution in [0.4, 0.5) is 0 Å². The van der Waals surface area contributed by atoms with E-state index in [4.69, 9.17) is 4.52 Å². The van der Waals surface area contributed by atoms with Gasteiger partial charge in [-0.15, -0.1) is 5.10 Å². The lowest BCUT2D eigenvalue weighted by Crippen LogP contribution is -2.45. The summed E-state index contributed by atoms with van der Waals surface area (Å²) in [5.74, 6) is 0.00213. The molecule has 1 aliphatic carbocycles. The average molecular weight is 337 g/mol. The number of aryl methyl sites for hydroxylation is 1. The van der Waals surface area contributed by atoms with Crippen molar-refractivity contribution in [2.24, 2.45) is 0 Å². The number of nitrogens with zero attached hydrogens (tertiary/aromatic N) is 4. The molecule has 1 saturated carbocycles. The van der Waals surface area contributed by atoms with Crippen molar-refractivity contribution in [1.82, 2.24) is 25.5 Å². The fraction of sp³-hybridized carbons (Fsp3) is 0.333. The molecule has 1 fully saturated rings. The summed E-state index contributed by atoms with van der Waals surface area (Å²) in [5, 5.41) is 15.2. The Hall–Kier alpha value is -2.96. The van der Waals surface area contributed by atoms with Crippen LogP contribution in [0.2, 0.25) is 0 Å². The molecule has 0 unspecified atom stereocenters. The lowest BCUT2D eigenvalue weighted by Gasteiger charge is -2.35. The first-order valence-electron chi connectivity index (χ1n) is 8.46. The third kappa shape index (κ3) is 3.17. The summed E-state index contributed by atoms with van der Waals surface area (Å²) in [4.78, 5) is 12.3. The maximum Gasteiger partial charge on any atom is 0.290 e. The Labute approximate surface area is 145 Å². The summed E-state index contributed by atoms with van der Waals surface area (Å²) >= 11 is 0. The molecular formula is C18H19N5O2. The van der Waals surface area contributed by atoms with E-state index in [0.717, 1.165) is 30.5 Å². The average Bonchev–Trinajstić information content (AvgIpc) is 3.27. The van der Waals surface area contributed by atoms with Crippen LogP contribution in [-0.4, -0.2) is 32.1 Å². The Morgan fingerprint density at radius 2 is 2.12 bits per heavy atom. The van der Waals surface area contributed by atoms with E-state index in [1.54, 1.807) is 6.07 Å². The molecule has 0 spiro atoms. The van der Waals surface area contributed by atoms with Crippen molar-refractivity contribution in [2.45, 2.75) is 38.3 Å². The van der Waals surface area contributed by atoms with E-state index in [9.17, 15) is 4.79 Å². The van der Waals surface area contributed by atoms with Crippen LogP contribution in [0.25, 0.3) is 11.3 Å². The first-order valence-corrected chi connectivity index (χ1v) is 8.46. The predicted molar refractivity (Wildman–Crippen MR) is 90.9 cm³/mol. The molecule has 128 valence electrons. The highest BCUT2D eigenvalue weighted by Crippen LogP contribution is 2.32. The number of carbonyl (C=O) groups excluding carboxylic acids is 1. The van der Waals surface area contributed by atoms with Crippen LogP contribution in [0.3, 0.4) is 0 Å². The molecule has 2 aromatic heterocycles. The van der Waals surface area contributed by atoms with Crippen LogP contribution in [0.15, 0.2) is 47.1 Å². The van der Waals surface area contributed by atoms with Crippen LogP contribution in [0.1, 0.15) is 42.1 Å². The number of hydrogen-bond donors (Lipinski definition) is 1. The quantitative estimate of drug-likeness (QED) is 0.773. The summed E-state index contributed by atoms with van der Waals surface area (Å²) in [6.07, 6.45) is 4.54. The maximum atomic E-state index is 12.3. The second-order valence-electron chi connectivity index (χ2n) is 6.28. The molecule has 4 rings (SSSR count). The number of hydrogen-bond acceptors (Lipinski definition) is 5. The second-order valence-corrected chi connectivity index (χ2v) is 6.28. The summed E-state index contributed by atoms with van der Waals surface area (Å²) in [7, 11) is 0. The van der Waals surface area contributed by atoms with Gasteiger partial charge in [0.25, 0.3) is 5.91 Å². The zero-order valence-corrected chi connectivity index (χ0v) is 13.9. The van der Waals surface area contributed by atoms with Crippen molar-refractivity contribution < 1.29 is 9.32 Å². The van der Waals surface area contributed by atoms with Gasteiger partial charge in [-0.2, -0.15) is 0 Å². The third-order valence-corrected chi connectivity index (χ3v) is 4.55. The van der Waals surface area contributed by atoms with Gasteiger partial charge in [0, 0.05) is 23.9 Å². The summed E-state index contributed by atoms with van der Waals surface area (Å²) in [5.41, 5.74) is 2.57. The molecular weight excluding hydrogens is 318 g/mol. The van der Waals surface area contributed by atoms with Gasteiger partial charge < -0.3 is 9.84 Å². The molecule has 0 radical (unpaired) electrons. The molecule has 2 heterocycles.